The number of carbonyl (C=O) groups excluding carboxylic acids is 1. The molecule has 186 valence electrons. The Hall–Kier alpha value is -2.51. The minimum Gasteiger partial charge on any atom is -0.395 e. The molecule has 3 saturated heterocycles. The Morgan fingerprint density at radius 2 is 1.60 bits per heavy atom. The van der Waals surface area contributed by atoms with Crippen LogP contribution in [0, 0.1) is 0 Å². The molecule has 0 radical (unpaired) electrons. The maximum Gasteiger partial charge on any atom is 0.236 e. The lowest BCUT2D eigenvalue weighted by atomic mass is 9.74. The number of hydrogen-bond donors (Lipinski definition) is 1. The predicted molar refractivity (Wildman–Crippen MR) is 139 cm³/mol. The number of morpholine rings is 1. The third kappa shape index (κ3) is 5.67. The molecule has 1 amide bonds. The van der Waals surface area contributed by atoms with E-state index in [1.54, 1.807) is 0 Å². The fourth-order valence-corrected chi connectivity index (χ4v) is 5.80. The van der Waals surface area contributed by atoms with E-state index in [2.05, 4.69) is 63.2 Å². The van der Waals surface area contributed by atoms with Crippen LogP contribution >= 0.6 is 0 Å². The van der Waals surface area contributed by atoms with E-state index in [4.69, 9.17) is 4.74 Å². The maximum absolute atomic E-state index is 13.2. The Morgan fingerprint density at radius 1 is 0.914 bits per heavy atom. The van der Waals surface area contributed by atoms with E-state index in [1.165, 1.54) is 11.1 Å². The molecular formula is C29H37N3O3. The van der Waals surface area contributed by atoms with Gasteiger partial charge in [-0.3, -0.25) is 14.6 Å². The summed E-state index contributed by atoms with van der Waals surface area (Å²) in [6, 6.07) is 19.4. The molecule has 0 aliphatic carbocycles. The number of carbonyl (C=O) groups is 1. The molecule has 0 bridgehead atoms. The molecule has 3 atom stereocenters. The smallest absolute Gasteiger partial charge is 0.236 e. The van der Waals surface area contributed by atoms with Crippen LogP contribution in [0.5, 0.6) is 0 Å². The Labute approximate surface area is 208 Å². The second-order valence-corrected chi connectivity index (χ2v) is 9.93. The van der Waals surface area contributed by atoms with Gasteiger partial charge in [-0.15, -0.1) is 0 Å². The highest BCUT2D eigenvalue weighted by atomic mass is 16.5. The molecule has 0 spiro atoms. The molecule has 3 aliphatic heterocycles. The number of amides is 1. The van der Waals surface area contributed by atoms with Crippen molar-refractivity contribution in [3.05, 3.63) is 71.3 Å². The monoisotopic (exact) mass is 475 g/mol. The molecule has 3 aliphatic rings. The largest absolute Gasteiger partial charge is 0.395 e. The van der Waals surface area contributed by atoms with Gasteiger partial charge in [-0.2, -0.15) is 0 Å². The highest BCUT2D eigenvalue weighted by Crippen LogP contribution is 2.42. The second kappa shape index (κ2) is 11.5. The highest BCUT2D eigenvalue weighted by Gasteiger charge is 2.49. The topological polar surface area (TPSA) is 56.2 Å². The average Bonchev–Trinajstić information content (AvgIpc) is 2.88. The summed E-state index contributed by atoms with van der Waals surface area (Å²) in [5.74, 6) is 0.463. The summed E-state index contributed by atoms with van der Waals surface area (Å²) in [6.07, 6.45) is 6.34. The van der Waals surface area contributed by atoms with E-state index in [9.17, 15) is 9.90 Å². The molecule has 6 heteroatoms. The van der Waals surface area contributed by atoms with Crippen LogP contribution in [-0.4, -0.2) is 96.9 Å². The molecule has 5 rings (SSSR count). The Kier molecular flexibility index (Phi) is 7.94. The van der Waals surface area contributed by atoms with Crippen molar-refractivity contribution in [2.24, 2.45) is 0 Å². The van der Waals surface area contributed by atoms with Crippen LogP contribution in [0.3, 0.4) is 0 Å². The van der Waals surface area contributed by atoms with Gasteiger partial charge in [-0.1, -0.05) is 66.7 Å². The van der Waals surface area contributed by atoms with Crippen molar-refractivity contribution in [1.82, 2.24) is 14.7 Å². The van der Waals surface area contributed by atoms with Gasteiger partial charge in [0.2, 0.25) is 5.91 Å². The number of aliphatic hydroxyl groups excluding tert-OH is 1. The Morgan fingerprint density at radius 3 is 2.31 bits per heavy atom. The summed E-state index contributed by atoms with van der Waals surface area (Å²) in [4.78, 5) is 19.9. The summed E-state index contributed by atoms with van der Waals surface area (Å²) in [7, 11) is 0. The summed E-state index contributed by atoms with van der Waals surface area (Å²) in [5, 5.41) is 10.2. The van der Waals surface area contributed by atoms with E-state index < -0.39 is 0 Å². The quantitative estimate of drug-likeness (QED) is 0.651. The Bertz CT molecular complexity index is 988. The number of hydrogen-bond acceptors (Lipinski definition) is 5. The van der Waals surface area contributed by atoms with E-state index >= 15 is 0 Å². The van der Waals surface area contributed by atoms with Crippen molar-refractivity contribution < 1.29 is 14.6 Å². The number of aliphatic hydroxyl groups is 1. The van der Waals surface area contributed by atoms with Gasteiger partial charge in [0.15, 0.2) is 0 Å². The van der Waals surface area contributed by atoms with Crippen molar-refractivity contribution in [3.63, 3.8) is 0 Å². The van der Waals surface area contributed by atoms with Crippen LogP contribution in [0.4, 0.5) is 0 Å². The molecule has 0 unspecified atom stereocenters. The van der Waals surface area contributed by atoms with Crippen LogP contribution in [-0.2, 0) is 9.53 Å². The molecule has 1 N–H and O–H groups in total. The van der Waals surface area contributed by atoms with Crippen LogP contribution in [0.1, 0.15) is 35.4 Å². The molecule has 2 aromatic rings. The van der Waals surface area contributed by atoms with Gasteiger partial charge in [-0.25, -0.2) is 0 Å². The minimum atomic E-state index is 0.125. The first kappa shape index (κ1) is 24.2. The lowest BCUT2D eigenvalue weighted by molar-refractivity contribution is -0.138. The molecule has 3 heterocycles. The first-order chi connectivity index (χ1) is 17.2. The number of ether oxygens (including phenoxy) is 1. The van der Waals surface area contributed by atoms with Crippen LogP contribution in [0.25, 0.3) is 12.2 Å². The van der Waals surface area contributed by atoms with E-state index in [1.807, 2.05) is 18.2 Å². The lowest BCUT2D eigenvalue weighted by Gasteiger charge is -2.57. The van der Waals surface area contributed by atoms with Crippen molar-refractivity contribution >= 4 is 18.1 Å². The first-order valence-corrected chi connectivity index (χ1v) is 13.0. The van der Waals surface area contributed by atoms with Gasteiger partial charge in [0, 0.05) is 44.2 Å². The zero-order valence-corrected chi connectivity index (χ0v) is 20.5. The van der Waals surface area contributed by atoms with E-state index in [0.717, 1.165) is 51.1 Å². The first-order valence-electron chi connectivity index (χ1n) is 13.0. The second-order valence-electron chi connectivity index (χ2n) is 9.93. The predicted octanol–water partition coefficient (Wildman–Crippen LogP) is 2.94. The minimum absolute atomic E-state index is 0.125. The molecule has 2 aromatic carbocycles. The fraction of sp³-hybridized carbons (Fsp3) is 0.483. The average molecular weight is 476 g/mol. The standard InChI is InChI=1S/C29H37N3O3/c33-22-27-29(25-12-10-24(11-13-25)9-8-23-6-2-1-3-7-23)26-20-31(14-4-5-15-32(26)27)28(34)21-30-16-18-35-19-17-30/h1-3,6-13,26-27,29,33H,4-5,14-22H2/b9-8+/t26-,27+,29+/m1/s1. The van der Waals surface area contributed by atoms with Crippen molar-refractivity contribution in [2.75, 3.05) is 59.1 Å². The summed E-state index contributed by atoms with van der Waals surface area (Å²) >= 11 is 0. The summed E-state index contributed by atoms with van der Waals surface area (Å²) in [6.45, 7) is 6.26. The lowest BCUT2D eigenvalue weighted by Crippen LogP contribution is -2.68. The van der Waals surface area contributed by atoms with Gasteiger partial charge >= 0.3 is 0 Å². The normalized spacial score (nSPS) is 26.1. The van der Waals surface area contributed by atoms with Gasteiger partial charge in [0.25, 0.3) is 0 Å². The molecule has 0 aromatic heterocycles. The van der Waals surface area contributed by atoms with Gasteiger partial charge < -0.3 is 14.7 Å². The van der Waals surface area contributed by atoms with Crippen molar-refractivity contribution in [2.45, 2.75) is 30.8 Å². The van der Waals surface area contributed by atoms with E-state index in [0.29, 0.717) is 19.8 Å². The zero-order valence-electron chi connectivity index (χ0n) is 20.5. The SMILES string of the molecule is O=C(CN1CCOCC1)N1CCCCN2[C@H](C1)[C@H](c1ccc(/C=C/c3ccccc3)cc1)[C@@H]2CO. The summed E-state index contributed by atoms with van der Waals surface area (Å²) in [5.41, 5.74) is 3.60. The molecule has 0 saturated carbocycles. The number of fused-ring (bicyclic) bond motifs is 1. The van der Waals surface area contributed by atoms with Crippen LogP contribution in [0.2, 0.25) is 0 Å². The van der Waals surface area contributed by atoms with Crippen LogP contribution < -0.4 is 0 Å². The Balaban J connectivity index is 1.28. The zero-order chi connectivity index (χ0) is 24.0. The number of rotatable bonds is 6. The molecular weight excluding hydrogens is 438 g/mol. The van der Waals surface area contributed by atoms with Gasteiger partial charge in [0.1, 0.15) is 0 Å². The summed E-state index contributed by atoms with van der Waals surface area (Å²) < 4.78 is 5.44. The molecule has 6 nitrogen and oxygen atoms in total. The highest BCUT2D eigenvalue weighted by molar-refractivity contribution is 5.78. The van der Waals surface area contributed by atoms with E-state index in [-0.39, 0.29) is 30.5 Å². The van der Waals surface area contributed by atoms with Gasteiger partial charge in [-0.05, 0) is 36.1 Å². The van der Waals surface area contributed by atoms with Crippen molar-refractivity contribution in [1.29, 1.82) is 0 Å². The van der Waals surface area contributed by atoms with Crippen LogP contribution in [0.15, 0.2) is 54.6 Å². The third-order valence-electron chi connectivity index (χ3n) is 7.77. The van der Waals surface area contributed by atoms with Gasteiger partial charge in [0.05, 0.1) is 26.4 Å². The van der Waals surface area contributed by atoms with Crippen molar-refractivity contribution in [3.8, 4) is 0 Å². The number of nitrogens with zero attached hydrogens (tertiary/aromatic N) is 3. The third-order valence-corrected chi connectivity index (χ3v) is 7.77. The molecule has 3 fully saturated rings. The fourth-order valence-electron chi connectivity index (χ4n) is 5.80. The number of benzene rings is 2. The molecule has 35 heavy (non-hydrogen) atoms. The maximum atomic E-state index is 13.2.